The van der Waals surface area contributed by atoms with E-state index in [9.17, 15) is 0 Å². The van der Waals surface area contributed by atoms with Crippen LogP contribution in [-0.4, -0.2) is 31.8 Å². The predicted octanol–water partition coefficient (Wildman–Crippen LogP) is 4.14. The van der Waals surface area contributed by atoms with E-state index in [1.807, 2.05) is 19.2 Å². The monoisotopic (exact) mass is 419 g/mol. The van der Waals surface area contributed by atoms with Gasteiger partial charge in [-0.2, -0.15) is 0 Å². The fourth-order valence-electron chi connectivity index (χ4n) is 3.17. The topological polar surface area (TPSA) is 46.6 Å². The van der Waals surface area contributed by atoms with Crippen LogP contribution in [0.3, 0.4) is 0 Å². The van der Waals surface area contributed by atoms with E-state index >= 15 is 0 Å². The molecule has 2 aromatic rings. The van der Waals surface area contributed by atoms with E-state index in [-0.39, 0.29) is 0 Å². The van der Waals surface area contributed by atoms with Crippen molar-refractivity contribution >= 4 is 21.7 Å². The first-order valence-corrected chi connectivity index (χ1v) is 9.90. The average Bonchev–Trinajstić information content (AvgIpc) is 3.19. The molecule has 1 aliphatic heterocycles. The van der Waals surface area contributed by atoms with E-state index in [0.717, 1.165) is 53.5 Å². The molecule has 6 heteroatoms. The van der Waals surface area contributed by atoms with Crippen LogP contribution in [0.2, 0.25) is 0 Å². The molecule has 1 aliphatic rings. The number of aromatic nitrogens is 1. The molecule has 0 bridgehead atoms. The molecule has 0 atom stereocenters. The van der Waals surface area contributed by atoms with Gasteiger partial charge in [0.05, 0.1) is 18.2 Å². The lowest BCUT2D eigenvalue weighted by Crippen LogP contribution is -2.19. The van der Waals surface area contributed by atoms with Crippen LogP contribution in [0.1, 0.15) is 30.9 Å². The van der Waals surface area contributed by atoms with Gasteiger partial charge in [-0.15, -0.1) is 0 Å². The van der Waals surface area contributed by atoms with Crippen LogP contribution in [0, 0.1) is 0 Å². The molecular weight excluding hydrogens is 394 g/mol. The van der Waals surface area contributed by atoms with Gasteiger partial charge in [0.25, 0.3) is 0 Å². The molecule has 0 aliphatic carbocycles. The van der Waals surface area contributed by atoms with Gasteiger partial charge in [0.15, 0.2) is 11.5 Å². The molecule has 0 radical (unpaired) electrons. The number of pyridine rings is 1. The zero-order valence-corrected chi connectivity index (χ0v) is 17.0. The Balaban J connectivity index is 1.56. The molecule has 1 fully saturated rings. The molecule has 1 N–H and O–H groups in total. The summed E-state index contributed by atoms with van der Waals surface area (Å²) in [6.07, 6.45) is 4.51. The lowest BCUT2D eigenvalue weighted by atomic mass is 10.2. The summed E-state index contributed by atoms with van der Waals surface area (Å²) in [4.78, 5) is 6.95. The first-order chi connectivity index (χ1) is 12.7. The van der Waals surface area contributed by atoms with Crippen molar-refractivity contribution in [3.05, 3.63) is 46.1 Å². The molecule has 0 amide bonds. The maximum Gasteiger partial charge on any atom is 0.175 e. The Hall–Kier alpha value is -1.79. The number of halogens is 1. The van der Waals surface area contributed by atoms with Crippen molar-refractivity contribution < 1.29 is 9.47 Å². The van der Waals surface area contributed by atoms with Crippen LogP contribution in [0.15, 0.2) is 34.9 Å². The van der Waals surface area contributed by atoms with Crippen LogP contribution in [0.4, 0.5) is 5.82 Å². The Labute approximate surface area is 163 Å². The second-order valence-electron chi connectivity index (χ2n) is 6.36. The zero-order chi connectivity index (χ0) is 18.4. The molecule has 5 nitrogen and oxygen atoms in total. The lowest BCUT2D eigenvalue weighted by Gasteiger charge is -2.16. The number of rotatable bonds is 8. The summed E-state index contributed by atoms with van der Waals surface area (Å²) in [6, 6.07) is 8.36. The highest BCUT2D eigenvalue weighted by Crippen LogP contribution is 2.36. The summed E-state index contributed by atoms with van der Waals surface area (Å²) in [5, 5.41) is 3.47. The third-order valence-corrected chi connectivity index (χ3v) is 5.06. The third kappa shape index (κ3) is 4.68. The van der Waals surface area contributed by atoms with Crippen LogP contribution in [0.25, 0.3) is 0 Å². The van der Waals surface area contributed by atoms with Gasteiger partial charge < -0.3 is 19.7 Å². The summed E-state index contributed by atoms with van der Waals surface area (Å²) in [6.45, 7) is 6.34. The Morgan fingerprint density at radius 1 is 1.15 bits per heavy atom. The Kier molecular flexibility index (Phi) is 6.74. The summed E-state index contributed by atoms with van der Waals surface area (Å²) in [5.41, 5.74) is 2.32. The van der Waals surface area contributed by atoms with Crippen molar-refractivity contribution in [3.8, 4) is 11.5 Å². The fourth-order valence-corrected chi connectivity index (χ4v) is 3.77. The van der Waals surface area contributed by atoms with Crippen molar-refractivity contribution in [2.75, 3.05) is 31.7 Å². The SMILES string of the molecule is CCOc1c(Br)cc(CNCc2ccc(N3CCCC3)nc2)cc1OC. The molecule has 1 aromatic heterocycles. The minimum Gasteiger partial charge on any atom is -0.493 e. The molecular formula is C20H26BrN3O2. The lowest BCUT2D eigenvalue weighted by molar-refractivity contribution is 0.308. The van der Waals surface area contributed by atoms with E-state index < -0.39 is 0 Å². The number of nitrogens with one attached hydrogen (secondary N) is 1. The summed E-state index contributed by atoms with van der Waals surface area (Å²) < 4.78 is 12.0. The van der Waals surface area contributed by atoms with Gasteiger partial charge >= 0.3 is 0 Å². The molecule has 26 heavy (non-hydrogen) atoms. The minimum absolute atomic E-state index is 0.604. The van der Waals surface area contributed by atoms with Crippen molar-refractivity contribution in [1.82, 2.24) is 10.3 Å². The molecule has 140 valence electrons. The second kappa shape index (κ2) is 9.24. The molecule has 3 rings (SSSR count). The third-order valence-electron chi connectivity index (χ3n) is 4.48. The van der Waals surface area contributed by atoms with Gasteiger partial charge in [-0.05, 0) is 65.0 Å². The Morgan fingerprint density at radius 3 is 2.58 bits per heavy atom. The second-order valence-corrected chi connectivity index (χ2v) is 7.22. The zero-order valence-electron chi connectivity index (χ0n) is 15.4. The first kappa shape index (κ1) is 19.0. The Morgan fingerprint density at radius 2 is 1.92 bits per heavy atom. The molecule has 0 spiro atoms. The highest BCUT2D eigenvalue weighted by atomic mass is 79.9. The summed E-state index contributed by atoms with van der Waals surface area (Å²) in [5.74, 6) is 2.58. The smallest absolute Gasteiger partial charge is 0.175 e. The largest absolute Gasteiger partial charge is 0.493 e. The highest BCUT2D eigenvalue weighted by Gasteiger charge is 2.13. The Bertz CT molecular complexity index is 716. The van der Waals surface area contributed by atoms with Gasteiger partial charge in [0.2, 0.25) is 0 Å². The van der Waals surface area contributed by atoms with Gasteiger partial charge in [0, 0.05) is 32.4 Å². The average molecular weight is 420 g/mol. The van der Waals surface area contributed by atoms with Crippen molar-refractivity contribution in [1.29, 1.82) is 0 Å². The van der Waals surface area contributed by atoms with Crippen LogP contribution < -0.4 is 19.7 Å². The van der Waals surface area contributed by atoms with Gasteiger partial charge in [-0.25, -0.2) is 4.98 Å². The van der Waals surface area contributed by atoms with Crippen molar-refractivity contribution in [3.63, 3.8) is 0 Å². The number of benzene rings is 1. The molecule has 1 aromatic carbocycles. The minimum atomic E-state index is 0.604. The van der Waals surface area contributed by atoms with Gasteiger partial charge in [0.1, 0.15) is 5.82 Å². The predicted molar refractivity (Wildman–Crippen MR) is 108 cm³/mol. The van der Waals surface area contributed by atoms with Gasteiger partial charge in [-0.1, -0.05) is 6.07 Å². The van der Waals surface area contributed by atoms with Crippen LogP contribution in [-0.2, 0) is 13.1 Å². The van der Waals surface area contributed by atoms with E-state index in [1.165, 1.54) is 18.4 Å². The molecule has 0 saturated carbocycles. The van der Waals surface area contributed by atoms with Crippen LogP contribution in [0.5, 0.6) is 11.5 Å². The van der Waals surface area contributed by atoms with E-state index in [4.69, 9.17) is 9.47 Å². The number of nitrogens with zero attached hydrogens (tertiary/aromatic N) is 2. The number of anilines is 1. The van der Waals surface area contributed by atoms with Crippen LogP contribution >= 0.6 is 15.9 Å². The molecule has 2 heterocycles. The van der Waals surface area contributed by atoms with Crippen molar-refractivity contribution in [2.45, 2.75) is 32.9 Å². The number of methoxy groups -OCH3 is 1. The summed E-state index contributed by atoms with van der Waals surface area (Å²) in [7, 11) is 1.66. The maximum atomic E-state index is 5.64. The van der Waals surface area contributed by atoms with Gasteiger partial charge in [-0.3, -0.25) is 0 Å². The quantitative estimate of drug-likeness (QED) is 0.696. The van der Waals surface area contributed by atoms with Crippen molar-refractivity contribution in [2.24, 2.45) is 0 Å². The van der Waals surface area contributed by atoms with E-state index in [0.29, 0.717) is 6.61 Å². The number of ether oxygens (including phenoxy) is 2. The molecule has 1 saturated heterocycles. The standard InChI is InChI=1S/C20H26BrN3O2/c1-3-26-20-17(21)10-16(11-18(20)25-2)13-22-12-15-6-7-19(23-14-15)24-8-4-5-9-24/h6-7,10-11,14,22H,3-5,8-9,12-13H2,1-2H3. The summed E-state index contributed by atoms with van der Waals surface area (Å²) >= 11 is 3.57. The van der Waals surface area contributed by atoms with E-state index in [2.05, 4.69) is 49.3 Å². The molecule has 0 unspecified atom stereocenters. The number of hydrogen-bond acceptors (Lipinski definition) is 5. The number of hydrogen-bond donors (Lipinski definition) is 1. The normalized spacial score (nSPS) is 13.9. The maximum absolute atomic E-state index is 5.64. The van der Waals surface area contributed by atoms with E-state index in [1.54, 1.807) is 7.11 Å². The fraction of sp³-hybridized carbons (Fsp3) is 0.450. The highest BCUT2D eigenvalue weighted by molar-refractivity contribution is 9.10. The first-order valence-electron chi connectivity index (χ1n) is 9.11.